The van der Waals surface area contributed by atoms with Gasteiger partial charge in [0.25, 0.3) is 0 Å². The van der Waals surface area contributed by atoms with Crippen molar-refractivity contribution in [3.63, 3.8) is 0 Å². The van der Waals surface area contributed by atoms with Gasteiger partial charge in [-0.1, -0.05) is 63.3 Å². The van der Waals surface area contributed by atoms with E-state index in [1.807, 2.05) is 7.05 Å². The molecule has 0 heterocycles. The summed E-state index contributed by atoms with van der Waals surface area (Å²) in [5.41, 5.74) is 5.13. The predicted octanol–water partition coefficient (Wildman–Crippen LogP) is 4.77. The predicted molar refractivity (Wildman–Crippen MR) is 88.3 cm³/mol. The van der Waals surface area contributed by atoms with Crippen LogP contribution in [0.1, 0.15) is 26.3 Å². The lowest BCUT2D eigenvalue weighted by atomic mass is 9.88. The number of aliphatic imine (C=N–C) groups is 1. The van der Waals surface area contributed by atoms with Crippen LogP contribution in [0.25, 0.3) is 0 Å². The zero-order valence-electron chi connectivity index (χ0n) is 12.9. The number of nitrogens with zero attached hydrogens (tertiary/aromatic N) is 1. The number of hydrogen-bond donors (Lipinski definition) is 0. The van der Waals surface area contributed by atoms with Crippen molar-refractivity contribution < 1.29 is 0 Å². The highest BCUT2D eigenvalue weighted by Crippen LogP contribution is 2.24. The molecule has 1 aliphatic carbocycles. The van der Waals surface area contributed by atoms with Crippen LogP contribution in [-0.2, 0) is 6.42 Å². The highest BCUT2D eigenvalue weighted by atomic mass is 14.7. The van der Waals surface area contributed by atoms with Gasteiger partial charge in [0.1, 0.15) is 0 Å². The first kappa shape index (κ1) is 14.5. The van der Waals surface area contributed by atoms with E-state index in [1.54, 1.807) is 0 Å². The van der Waals surface area contributed by atoms with Crippen molar-refractivity contribution in [2.45, 2.75) is 27.2 Å². The Labute approximate surface area is 122 Å². The lowest BCUT2D eigenvalue weighted by Gasteiger charge is -2.18. The summed E-state index contributed by atoms with van der Waals surface area (Å²) in [6, 6.07) is 10.6. The number of rotatable bonds is 2. The third-order valence-electron chi connectivity index (χ3n) is 3.17. The minimum Gasteiger partial charge on any atom is -0.288 e. The molecule has 1 aromatic rings. The molecule has 20 heavy (non-hydrogen) atoms. The average Bonchev–Trinajstić information content (AvgIpc) is 2.38. The molecule has 1 nitrogen and oxygen atoms in total. The van der Waals surface area contributed by atoms with Crippen LogP contribution in [0.3, 0.4) is 0 Å². The summed E-state index contributed by atoms with van der Waals surface area (Å²) in [4.78, 5) is 4.37. The third-order valence-corrected chi connectivity index (χ3v) is 3.17. The molecule has 0 aliphatic heterocycles. The van der Waals surface area contributed by atoms with E-state index in [1.165, 1.54) is 16.7 Å². The van der Waals surface area contributed by atoms with Gasteiger partial charge in [-0.2, -0.15) is 0 Å². The van der Waals surface area contributed by atoms with Gasteiger partial charge in [-0.15, -0.1) is 0 Å². The fourth-order valence-electron chi connectivity index (χ4n) is 2.33. The maximum atomic E-state index is 4.37. The van der Waals surface area contributed by atoms with Crippen molar-refractivity contribution in [2.75, 3.05) is 7.05 Å². The maximum absolute atomic E-state index is 4.37. The SMILES string of the molecule is CN=C1C=CC(Cc2ccccc2)=C/C1=C\C(C)(C)C. The Bertz CT molecular complexity index is 578. The van der Waals surface area contributed by atoms with Gasteiger partial charge in [-0.25, -0.2) is 0 Å². The zero-order valence-corrected chi connectivity index (χ0v) is 12.9. The molecule has 0 radical (unpaired) electrons. The van der Waals surface area contributed by atoms with Gasteiger partial charge in [0.05, 0.1) is 5.71 Å². The molecule has 0 unspecified atom stereocenters. The largest absolute Gasteiger partial charge is 0.288 e. The minimum atomic E-state index is 0.158. The first-order valence-corrected chi connectivity index (χ1v) is 7.10. The van der Waals surface area contributed by atoms with E-state index in [0.717, 1.165) is 12.1 Å². The van der Waals surface area contributed by atoms with Crippen molar-refractivity contribution in [3.05, 3.63) is 71.3 Å². The van der Waals surface area contributed by atoms with Crippen molar-refractivity contribution >= 4 is 5.71 Å². The molecular formula is C19H23N. The first-order valence-electron chi connectivity index (χ1n) is 7.10. The number of allylic oxidation sites excluding steroid dienone is 6. The second kappa shape index (κ2) is 6.04. The molecule has 0 spiro atoms. The molecule has 0 aromatic heterocycles. The van der Waals surface area contributed by atoms with Crippen molar-refractivity contribution in [3.8, 4) is 0 Å². The Balaban J connectivity index is 2.28. The fraction of sp³-hybridized carbons (Fsp3) is 0.316. The maximum Gasteiger partial charge on any atom is 0.0640 e. The van der Waals surface area contributed by atoms with Crippen LogP contribution < -0.4 is 0 Å². The molecular weight excluding hydrogens is 242 g/mol. The van der Waals surface area contributed by atoms with Gasteiger partial charge in [-0.05, 0) is 40.7 Å². The standard InChI is InChI=1S/C19H23N/c1-19(2,3)14-17-13-16(10-11-18(17)20-4)12-15-8-6-5-7-9-15/h5-11,13-14H,12H2,1-4H3/b17-14+,20-18?. The second-order valence-corrected chi connectivity index (χ2v) is 6.29. The van der Waals surface area contributed by atoms with E-state index in [0.29, 0.717) is 0 Å². The van der Waals surface area contributed by atoms with Crippen LogP contribution in [0.5, 0.6) is 0 Å². The minimum absolute atomic E-state index is 0.158. The highest BCUT2D eigenvalue weighted by Gasteiger charge is 2.13. The Kier molecular flexibility index (Phi) is 4.39. The molecule has 0 N–H and O–H groups in total. The Morgan fingerprint density at radius 2 is 1.75 bits per heavy atom. The van der Waals surface area contributed by atoms with E-state index >= 15 is 0 Å². The summed E-state index contributed by atoms with van der Waals surface area (Å²) in [5.74, 6) is 0. The van der Waals surface area contributed by atoms with E-state index in [-0.39, 0.29) is 5.41 Å². The van der Waals surface area contributed by atoms with Crippen LogP contribution >= 0.6 is 0 Å². The number of benzene rings is 1. The highest BCUT2D eigenvalue weighted by molar-refractivity contribution is 6.11. The van der Waals surface area contributed by atoms with Crippen molar-refractivity contribution in [1.29, 1.82) is 0 Å². The van der Waals surface area contributed by atoms with Gasteiger partial charge in [0.15, 0.2) is 0 Å². The van der Waals surface area contributed by atoms with Gasteiger partial charge in [0.2, 0.25) is 0 Å². The monoisotopic (exact) mass is 265 g/mol. The summed E-state index contributed by atoms with van der Waals surface area (Å²) >= 11 is 0. The number of hydrogen-bond acceptors (Lipinski definition) is 1. The van der Waals surface area contributed by atoms with Gasteiger partial charge >= 0.3 is 0 Å². The molecule has 1 aromatic carbocycles. The van der Waals surface area contributed by atoms with Crippen molar-refractivity contribution in [2.24, 2.45) is 10.4 Å². The van der Waals surface area contributed by atoms with E-state index < -0.39 is 0 Å². The Morgan fingerprint density at radius 3 is 2.35 bits per heavy atom. The molecule has 104 valence electrons. The summed E-state index contributed by atoms with van der Waals surface area (Å²) in [6.45, 7) is 6.66. The first-order chi connectivity index (χ1) is 9.48. The Morgan fingerprint density at radius 1 is 1.05 bits per heavy atom. The smallest absolute Gasteiger partial charge is 0.0640 e. The zero-order chi connectivity index (χ0) is 14.6. The summed E-state index contributed by atoms with van der Waals surface area (Å²) in [5, 5.41) is 0. The quantitative estimate of drug-likeness (QED) is 0.730. The molecule has 2 rings (SSSR count). The van der Waals surface area contributed by atoms with Crippen LogP contribution in [-0.4, -0.2) is 12.8 Å². The molecule has 0 atom stereocenters. The lowest BCUT2D eigenvalue weighted by molar-refractivity contribution is 0.543. The second-order valence-electron chi connectivity index (χ2n) is 6.29. The Hall–Kier alpha value is -1.89. The van der Waals surface area contributed by atoms with Crippen LogP contribution in [0.4, 0.5) is 0 Å². The average molecular weight is 265 g/mol. The van der Waals surface area contributed by atoms with Crippen LogP contribution in [0.15, 0.2) is 70.8 Å². The fourth-order valence-corrected chi connectivity index (χ4v) is 2.33. The molecule has 1 heteroatoms. The molecule has 1 aliphatic rings. The van der Waals surface area contributed by atoms with Crippen molar-refractivity contribution in [1.82, 2.24) is 0 Å². The van der Waals surface area contributed by atoms with E-state index in [2.05, 4.69) is 80.4 Å². The summed E-state index contributed by atoms with van der Waals surface area (Å²) in [7, 11) is 1.85. The van der Waals surface area contributed by atoms with Crippen LogP contribution in [0.2, 0.25) is 0 Å². The van der Waals surface area contributed by atoms with Gasteiger partial charge in [-0.3, -0.25) is 4.99 Å². The molecule has 0 saturated carbocycles. The van der Waals surface area contributed by atoms with Crippen LogP contribution in [0, 0.1) is 5.41 Å². The topological polar surface area (TPSA) is 12.4 Å². The lowest BCUT2D eigenvalue weighted by Crippen LogP contribution is -2.09. The molecule has 0 amide bonds. The van der Waals surface area contributed by atoms with E-state index in [9.17, 15) is 0 Å². The van der Waals surface area contributed by atoms with Gasteiger partial charge < -0.3 is 0 Å². The summed E-state index contributed by atoms with van der Waals surface area (Å²) < 4.78 is 0. The van der Waals surface area contributed by atoms with E-state index in [4.69, 9.17) is 0 Å². The van der Waals surface area contributed by atoms with Gasteiger partial charge in [0, 0.05) is 7.05 Å². The molecule has 0 saturated heterocycles. The molecule has 0 bridgehead atoms. The summed E-state index contributed by atoms with van der Waals surface area (Å²) in [6.07, 6.45) is 9.82. The normalized spacial score (nSPS) is 19.5. The molecule has 0 fully saturated rings. The third kappa shape index (κ3) is 4.06.